The Labute approximate surface area is 115 Å². The molecular formula is C15H24N2S. The van der Waals surface area contributed by atoms with Crippen molar-refractivity contribution in [1.82, 2.24) is 10.3 Å². The maximum atomic E-state index is 4.09. The van der Waals surface area contributed by atoms with Crippen molar-refractivity contribution >= 4 is 11.8 Å². The molecule has 1 fully saturated rings. The van der Waals surface area contributed by atoms with Crippen molar-refractivity contribution in [3.8, 4) is 0 Å². The summed E-state index contributed by atoms with van der Waals surface area (Å²) in [5.74, 6) is 1.69. The number of nitrogens with one attached hydrogen (secondary N) is 1. The van der Waals surface area contributed by atoms with Crippen molar-refractivity contribution in [2.75, 3.05) is 7.05 Å². The lowest BCUT2D eigenvalue weighted by atomic mass is 9.79. The van der Waals surface area contributed by atoms with E-state index >= 15 is 0 Å². The maximum absolute atomic E-state index is 4.09. The molecule has 3 atom stereocenters. The van der Waals surface area contributed by atoms with E-state index in [-0.39, 0.29) is 0 Å². The van der Waals surface area contributed by atoms with Gasteiger partial charge >= 0.3 is 0 Å². The van der Waals surface area contributed by atoms with E-state index in [1.807, 2.05) is 24.2 Å². The van der Waals surface area contributed by atoms with Gasteiger partial charge in [-0.15, -0.1) is 11.8 Å². The molecule has 3 unspecified atom stereocenters. The Kier molecular flexibility index (Phi) is 5.07. The van der Waals surface area contributed by atoms with Gasteiger partial charge in [-0.25, -0.2) is 0 Å². The molecule has 0 saturated heterocycles. The number of hydrogen-bond acceptors (Lipinski definition) is 3. The number of hydrogen-bond donors (Lipinski definition) is 1. The monoisotopic (exact) mass is 264 g/mol. The second-order valence-electron chi connectivity index (χ2n) is 5.55. The zero-order valence-electron chi connectivity index (χ0n) is 11.6. The van der Waals surface area contributed by atoms with Gasteiger partial charge in [0, 0.05) is 28.6 Å². The first-order valence-electron chi connectivity index (χ1n) is 6.94. The molecule has 0 aliphatic heterocycles. The lowest BCUT2D eigenvalue weighted by Gasteiger charge is -2.37. The van der Waals surface area contributed by atoms with Crippen LogP contribution in [0.25, 0.3) is 0 Å². The summed E-state index contributed by atoms with van der Waals surface area (Å²) in [5, 5.41) is 4.19. The Morgan fingerprint density at radius 3 is 2.61 bits per heavy atom. The van der Waals surface area contributed by atoms with Gasteiger partial charge in [-0.3, -0.25) is 4.98 Å². The highest BCUT2D eigenvalue weighted by atomic mass is 32.2. The van der Waals surface area contributed by atoms with Crippen LogP contribution in [0.15, 0.2) is 29.4 Å². The smallest absolute Gasteiger partial charge is 0.0278 e. The maximum Gasteiger partial charge on any atom is 0.0278 e. The average Bonchev–Trinajstić information content (AvgIpc) is 2.39. The van der Waals surface area contributed by atoms with Gasteiger partial charge in [-0.1, -0.05) is 13.8 Å². The van der Waals surface area contributed by atoms with Gasteiger partial charge in [0.05, 0.1) is 0 Å². The Morgan fingerprint density at radius 1 is 1.28 bits per heavy atom. The molecule has 0 aromatic carbocycles. The van der Waals surface area contributed by atoms with E-state index in [0.717, 1.165) is 11.8 Å². The molecule has 1 heterocycles. The van der Waals surface area contributed by atoms with E-state index in [1.165, 1.54) is 24.2 Å². The molecular weight excluding hydrogens is 240 g/mol. The third kappa shape index (κ3) is 3.48. The fourth-order valence-corrected chi connectivity index (χ4v) is 4.23. The summed E-state index contributed by atoms with van der Waals surface area (Å²) in [6, 6.07) is 4.89. The largest absolute Gasteiger partial charge is 0.316 e. The van der Waals surface area contributed by atoms with E-state index in [0.29, 0.717) is 11.3 Å². The lowest BCUT2D eigenvalue weighted by Crippen LogP contribution is -2.41. The molecule has 2 nitrogen and oxygen atoms in total. The van der Waals surface area contributed by atoms with E-state index < -0.39 is 0 Å². The third-order valence-electron chi connectivity index (χ3n) is 4.08. The van der Waals surface area contributed by atoms with Crippen LogP contribution < -0.4 is 5.32 Å². The van der Waals surface area contributed by atoms with Gasteiger partial charge in [-0.2, -0.15) is 0 Å². The van der Waals surface area contributed by atoms with Crippen LogP contribution in [-0.4, -0.2) is 23.3 Å². The van der Waals surface area contributed by atoms with Gasteiger partial charge < -0.3 is 5.32 Å². The van der Waals surface area contributed by atoms with E-state index in [1.54, 1.807) is 0 Å². The molecule has 3 heteroatoms. The predicted octanol–water partition coefficient (Wildman–Crippen LogP) is 3.59. The van der Waals surface area contributed by atoms with Crippen molar-refractivity contribution in [2.24, 2.45) is 11.8 Å². The minimum atomic E-state index is 0.651. The number of nitrogens with zero attached hydrogens (tertiary/aromatic N) is 1. The Bertz CT molecular complexity index is 353. The molecule has 1 aliphatic rings. The second-order valence-corrected chi connectivity index (χ2v) is 6.86. The minimum absolute atomic E-state index is 0.651. The topological polar surface area (TPSA) is 24.9 Å². The molecule has 2 rings (SSSR count). The van der Waals surface area contributed by atoms with Crippen LogP contribution in [-0.2, 0) is 0 Å². The van der Waals surface area contributed by atoms with Crippen LogP contribution in [0.3, 0.4) is 0 Å². The van der Waals surface area contributed by atoms with Gasteiger partial charge in [0.25, 0.3) is 0 Å². The minimum Gasteiger partial charge on any atom is -0.316 e. The molecule has 100 valence electrons. The van der Waals surface area contributed by atoms with Gasteiger partial charge in [0.15, 0.2) is 0 Å². The van der Waals surface area contributed by atoms with Gasteiger partial charge in [0.1, 0.15) is 0 Å². The Morgan fingerprint density at radius 2 is 2.00 bits per heavy atom. The van der Waals surface area contributed by atoms with Crippen molar-refractivity contribution in [3.63, 3.8) is 0 Å². The summed E-state index contributed by atoms with van der Waals surface area (Å²) in [7, 11) is 2.10. The molecule has 1 saturated carbocycles. The number of pyridine rings is 1. The first-order chi connectivity index (χ1) is 8.70. The van der Waals surface area contributed by atoms with E-state index in [2.05, 4.69) is 43.3 Å². The normalized spacial score (nSPS) is 28.6. The zero-order valence-corrected chi connectivity index (χ0v) is 12.4. The summed E-state index contributed by atoms with van der Waals surface area (Å²) in [5.41, 5.74) is 0. The van der Waals surface area contributed by atoms with Crippen LogP contribution in [0.4, 0.5) is 0 Å². The summed E-state index contributed by atoms with van der Waals surface area (Å²) < 4.78 is 0. The first-order valence-corrected chi connectivity index (χ1v) is 7.82. The first kappa shape index (κ1) is 13.9. The number of thioether (sulfide) groups is 1. The summed E-state index contributed by atoms with van der Waals surface area (Å²) in [6.07, 6.45) is 7.79. The van der Waals surface area contributed by atoms with Gasteiger partial charge in [-0.05, 0) is 50.3 Å². The fourth-order valence-electron chi connectivity index (χ4n) is 2.82. The molecule has 1 aromatic rings. The molecule has 0 radical (unpaired) electrons. The van der Waals surface area contributed by atoms with Crippen LogP contribution >= 0.6 is 11.8 Å². The number of aromatic nitrogens is 1. The van der Waals surface area contributed by atoms with E-state index in [9.17, 15) is 0 Å². The second kappa shape index (κ2) is 6.58. The lowest BCUT2D eigenvalue weighted by molar-refractivity contribution is 0.251. The predicted molar refractivity (Wildman–Crippen MR) is 78.9 cm³/mol. The summed E-state index contributed by atoms with van der Waals surface area (Å²) in [4.78, 5) is 5.44. The van der Waals surface area contributed by atoms with Crippen molar-refractivity contribution in [3.05, 3.63) is 24.5 Å². The van der Waals surface area contributed by atoms with Gasteiger partial charge in [0.2, 0.25) is 0 Å². The molecule has 0 bridgehead atoms. The highest BCUT2D eigenvalue weighted by Gasteiger charge is 2.31. The quantitative estimate of drug-likeness (QED) is 0.899. The highest BCUT2D eigenvalue weighted by molar-refractivity contribution is 8.00. The van der Waals surface area contributed by atoms with Crippen LogP contribution in [0, 0.1) is 11.8 Å². The Balaban J connectivity index is 2.02. The SMILES string of the molecule is CNC1CCC(C(C)C)CC1Sc1ccncc1. The van der Waals surface area contributed by atoms with Crippen molar-refractivity contribution < 1.29 is 0 Å². The van der Waals surface area contributed by atoms with Crippen molar-refractivity contribution in [2.45, 2.75) is 49.3 Å². The Hall–Kier alpha value is -0.540. The molecule has 0 amide bonds. The third-order valence-corrected chi connectivity index (χ3v) is 5.45. The van der Waals surface area contributed by atoms with Crippen LogP contribution in [0.2, 0.25) is 0 Å². The molecule has 1 aromatic heterocycles. The molecule has 18 heavy (non-hydrogen) atoms. The number of rotatable bonds is 4. The average molecular weight is 264 g/mol. The van der Waals surface area contributed by atoms with Crippen LogP contribution in [0.5, 0.6) is 0 Å². The molecule has 1 N–H and O–H groups in total. The zero-order chi connectivity index (χ0) is 13.0. The van der Waals surface area contributed by atoms with E-state index in [4.69, 9.17) is 0 Å². The summed E-state index contributed by atoms with van der Waals surface area (Å²) in [6.45, 7) is 4.72. The molecule has 0 spiro atoms. The summed E-state index contributed by atoms with van der Waals surface area (Å²) >= 11 is 2.02. The highest BCUT2D eigenvalue weighted by Crippen LogP contribution is 2.38. The molecule has 1 aliphatic carbocycles. The van der Waals surface area contributed by atoms with Crippen molar-refractivity contribution in [1.29, 1.82) is 0 Å². The standard InChI is InChI=1S/C15H24N2S/c1-11(2)12-4-5-14(16-3)15(10-12)18-13-6-8-17-9-7-13/h6-9,11-12,14-16H,4-5,10H2,1-3H3. The van der Waals surface area contributed by atoms with Crippen LogP contribution in [0.1, 0.15) is 33.1 Å². The fraction of sp³-hybridized carbons (Fsp3) is 0.667.